The van der Waals surface area contributed by atoms with Crippen LogP contribution in [0.2, 0.25) is 0 Å². The summed E-state index contributed by atoms with van der Waals surface area (Å²) in [4.78, 5) is 15.9. The van der Waals surface area contributed by atoms with Gasteiger partial charge in [-0.1, -0.05) is 191 Å². The van der Waals surface area contributed by atoms with Crippen molar-refractivity contribution in [2.45, 2.75) is 44.9 Å². The van der Waals surface area contributed by atoms with Crippen molar-refractivity contribution in [2.24, 2.45) is 0 Å². The summed E-state index contributed by atoms with van der Waals surface area (Å²) < 4.78 is 4.74. The highest BCUT2D eigenvalue weighted by Crippen LogP contribution is 2.53. The van der Waals surface area contributed by atoms with Crippen LogP contribution >= 0.6 is 0 Å². The van der Waals surface area contributed by atoms with Crippen molar-refractivity contribution in [2.75, 3.05) is 0 Å². The van der Waals surface area contributed by atoms with E-state index in [9.17, 15) is 0 Å². The van der Waals surface area contributed by atoms with Crippen LogP contribution in [0.5, 0.6) is 0 Å². The minimum Gasteiger partial charge on any atom is -0.307 e. The van der Waals surface area contributed by atoms with E-state index in [1.165, 1.54) is 38.6 Å². The molecule has 11 aromatic rings. The lowest BCUT2D eigenvalue weighted by molar-refractivity contribution is 0.403. The van der Waals surface area contributed by atoms with Crippen LogP contribution in [0, 0.1) is 0 Å². The quantitative estimate of drug-likeness (QED) is 0.168. The summed E-state index contributed by atoms with van der Waals surface area (Å²) in [6, 6.07) is 67.3. The van der Waals surface area contributed by atoms with Gasteiger partial charge in [-0.2, -0.15) is 9.97 Å². The van der Waals surface area contributed by atoms with Crippen molar-refractivity contribution in [3.8, 4) is 56.7 Å². The first kappa shape index (κ1) is 37.2. The van der Waals surface area contributed by atoms with Gasteiger partial charge in [0.05, 0.1) is 22.1 Å². The van der Waals surface area contributed by atoms with E-state index >= 15 is 0 Å². The Labute approximate surface area is 367 Å². The highest BCUT2D eigenvalue weighted by atomic mass is 15.2. The fourth-order valence-corrected chi connectivity index (χ4v) is 10.9. The summed E-state index contributed by atoms with van der Waals surface area (Å²) in [5.74, 6) is 1.81. The molecule has 0 N–H and O–H groups in total. The van der Waals surface area contributed by atoms with Crippen LogP contribution in [0.1, 0.15) is 45.2 Å². The zero-order valence-electron chi connectivity index (χ0n) is 35.8. The standard InChI is InChI=1S/C58H45N5/c1-57(2)36-58(3,4)51-43(25-16-26-48(51)57)41-21-15-22-42(35-41)62-49-27-13-11-23-44(49)46-33-34-47-45-24-12-14-28-50(45)63(53(47)52(46)62)56-60-54(39-19-9-6-10-20-39)59-55(61-56)40-31-29-38(30-32-40)37-17-7-5-8-18-37/h5-35H,36H2,1-4H3. The molecule has 0 atom stereocenters. The smallest absolute Gasteiger partial charge is 0.238 e. The molecular formula is C58H45N5. The number of benzene rings is 8. The Kier molecular flexibility index (Phi) is 8.23. The number of hydrogen-bond acceptors (Lipinski definition) is 3. The van der Waals surface area contributed by atoms with Crippen LogP contribution in [-0.4, -0.2) is 24.1 Å². The van der Waals surface area contributed by atoms with Crippen LogP contribution in [0.25, 0.3) is 100 Å². The van der Waals surface area contributed by atoms with Gasteiger partial charge in [0, 0.05) is 38.4 Å². The topological polar surface area (TPSA) is 48.5 Å². The molecule has 1 aliphatic carbocycles. The Morgan fingerprint density at radius 2 is 0.905 bits per heavy atom. The Balaban J connectivity index is 1.14. The zero-order chi connectivity index (χ0) is 42.5. The summed E-state index contributed by atoms with van der Waals surface area (Å²) >= 11 is 0. The minimum absolute atomic E-state index is 0.0529. The molecule has 0 bridgehead atoms. The van der Waals surface area contributed by atoms with Crippen LogP contribution in [-0.2, 0) is 10.8 Å². The van der Waals surface area contributed by atoms with Gasteiger partial charge >= 0.3 is 0 Å². The molecule has 3 aromatic heterocycles. The number of hydrogen-bond donors (Lipinski definition) is 0. The maximum absolute atomic E-state index is 5.38. The second-order valence-corrected chi connectivity index (χ2v) is 18.4. The van der Waals surface area contributed by atoms with Gasteiger partial charge in [-0.25, -0.2) is 4.98 Å². The highest BCUT2D eigenvalue weighted by Gasteiger charge is 2.43. The van der Waals surface area contributed by atoms with Gasteiger partial charge in [0.25, 0.3) is 0 Å². The van der Waals surface area contributed by atoms with Gasteiger partial charge < -0.3 is 4.57 Å². The van der Waals surface area contributed by atoms with Gasteiger partial charge in [-0.3, -0.25) is 4.57 Å². The average molecular weight is 812 g/mol. The van der Waals surface area contributed by atoms with E-state index in [2.05, 4.69) is 201 Å². The molecule has 5 nitrogen and oxygen atoms in total. The third kappa shape index (κ3) is 5.87. The lowest BCUT2D eigenvalue weighted by Crippen LogP contribution is -2.18. The zero-order valence-corrected chi connectivity index (χ0v) is 35.8. The van der Waals surface area contributed by atoms with E-state index in [1.807, 2.05) is 24.3 Å². The van der Waals surface area contributed by atoms with Crippen molar-refractivity contribution >= 4 is 43.6 Å². The number of aromatic nitrogens is 5. The lowest BCUT2D eigenvalue weighted by atomic mass is 9.80. The molecule has 0 unspecified atom stereocenters. The second kappa shape index (κ2) is 13.9. The number of nitrogens with zero attached hydrogens (tertiary/aromatic N) is 5. The summed E-state index contributed by atoms with van der Waals surface area (Å²) in [5, 5.41) is 4.64. The molecule has 0 spiro atoms. The number of rotatable bonds is 6. The summed E-state index contributed by atoms with van der Waals surface area (Å²) in [5.41, 5.74) is 15.2. The predicted octanol–water partition coefficient (Wildman–Crippen LogP) is 14.7. The summed E-state index contributed by atoms with van der Waals surface area (Å²) in [6.45, 7) is 9.60. The molecule has 8 aromatic carbocycles. The molecule has 0 amide bonds. The first-order valence-electron chi connectivity index (χ1n) is 21.9. The van der Waals surface area contributed by atoms with Crippen LogP contribution in [0.3, 0.4) is 0 Å². The van der Waals surface area contributed by atoms with E-state index in [1.54, 1.807) is 0 Å². The fourth-order valence-electron chi connectivity index (χ4n) is 10.9. The first-order chi connectivity index (χ1) is 30.7. The largest absolute Gasteiger partial charge is 0.307 e. The van der Waals surface area contributed by atoms with Gasteiger partial charge in [-0.15, -0.1) is 0 Å². The normalized spacial score (nSPS) is 14.2. The molecule has 0 aliphatic heterocycles. The van der Waals surface area contributed by atoms with E-state index in [0.717, 1.165) is 61.6 Å². The number of para-hydroxylation sites is 2. The van der Waals surface area contributed by atoms with Crippen molar-refractivity contribution in [1.82, 2.24) is 24.1 Å². The fraction of sp³-hybridized carbons (Fsp3) is 0.121. The highest BCUT2D eigenvalue weighted by molar-refractivity contribution is 6.23. The second-order valence-electron chi connectivity index (χ2n) is 18.4. The van der Waals surface area contributed by atoms with Crippen molar-refractivity contribution < 1.29 is 0 Å². The Morgan fingerprint density at radius 3 is 1.57 bits per heavy atom. The molecule has 0 radical (unpaired) electrons. The van der Waals surface area contributed by atoms with Crippen molar-refractivity contribution in [3.63, 3.8) is 0 Å². The molecule has 3 heterocycles. The first-order valence-corrected chi connectivity index (χ1v) is 21.9. The Morgan fingerprint density at radius 1 is 0.397 bits per heavy atom. The van der Waals surface area contributed by atoms with Crippen molar-refractivity contribution in [1.29, 1.82) is 0 Å². The van der Waals surface area contributed by atoms with E-state index in [0.29, 0.717) is 17.6 Å². The van der Waals surface area contributed by atoms with E-state index in [4.69, 9.17) is 15.0 Å². The molecule has 5 heteroatoms. The van der Waals surface area contributed by atoms with E-state index < -0.39 is 0 Å². The molecule has 63 heavy (non-hydrogen) atoms. The van der Waals surface area contributed by atoms with Crippen LogP contribution in [0.15, 0.2) is 188 Å². The Bertz CT molecular complexity index is 3580. The molecule has 0 saturated carbocycles. The third-order valence-corrected chi connectivity index (χ3v) is 13.3. The molecule has 0 saturated heterocycles. The molecule has 12 rings (SSSR count). The lowest BCUT2D eigenvalue weighted by Gasteiger charge is -2.24. The summed E-state index contributed by atoms with van der Waals surface area (Å²) in [6.07, 6.45) is 1.12. The summed E-state index contributed by atoms with van der Waals surface area (Å²) in [7, 11) is 0. The van der Waals surface area contributed by atoms with Gasteiger partial charge in [0.15, 0.2) is 11.6 Å². The number of fused-ring (bicyclic) bond motifs is 8. The Hall–Kier alpha value is -7.63. The molecule has 0 fully saturated rings. The monoisotopic (exact) mass is 811 g/mol. The van der Waals surface area contributed by atoms with Crippen LogP contribution < -0.4 is 0 Å². The van der Waals surface area contributed by atoms with Gasteiger partial charge in [0.2, 0.25) is 5.95 Å². The molecule has 1 aliphatic rings. The minimum atomic E-state index is 0.0529. The van der Waals surface area contributed by atoms with Crippen molar-refractivity contribution in [3.05, 3.63) is 199 Å². The predicted molar refractivity (Wildman–Crippen MR) is 261 cm³/mol. The maximum Gasteiger partial charge on any atom is 0.238 e. The SMILES string of the molecule is CC1(C)CC(C)(C)c2c(-c3cccc(-n4c5ccccc5c5ccc6c7ccccc7n(-c7nc(-c8ccccc8)nc(-c8ccc(-c9ccccc9)cc8)n7)c6c54)c3)cccc21. The molecule has 302 valence electrons. The maximum atomic E-state index is 5.38. The third-order valence-electron chi connectivity index (χ3n) is 13.3. The molecular weight excluding hydrogens is 767 g/mol. The van der Waals surface area contributed by atoms with Crippen LogP contribution in [0.4, 0.5) is 0 Å². The van der Waals surface area contributed by atoms with Gasteiger partial charge in [0.1, 0.15) is 0 Å². The van der Waals surface area contributed by atoms with E-state index in [-0.39, 0.29) is 10.8 Å². The average Bonchev–Trinajstić information content (AvgIpc) is 3.91. The van der Waals surface area contributed by atoms with Gasteiger partial charge in [-0.05, 0) is 74.9 Å².